The molecular formula is C20H25N3O2. The number of carbonyl (C=O) groups excluding carboxylic acids is 1. The molecule has 1 fully saturated rings. The Kier molecular flexibility index (Phi) is 5.90. The van der Waals surface area contributed by atoms with Gasteiger partial charge in [-0.05, 0) is 49.4 Å². The van der Waals surface area contributed by atoms with E-state index in [4.69, 9.17) is 4.74 Å². The Morgan fingerprint density at radius 3 is 2.24 bits per heavy atom. The molecule has 1 N–H and O–H groups in total. The highest BCUT2D eigenvalue weighted by Crippen LogP contribution is 2.22. The van der Waals surface area contributed by atoms with Gasteiger partial charge in [-0.2, -0.15) is 0 Å². The summed E-state index contributed by atoms with van der Waals surface area (Å²) in [6.07, 6.45) is 1.16. The normalized spacial score (nSPS) is 15.0. The van der Waals surface area contributed by atoms with E-state index in [0.29, 0.717) is 0 Å². The van der Waals surface area contributed by atoms with Gasteiger partial charge in [0.05, 0.1) is 0 Å². The third kappa shape index (κ3) is 4.97. The number of nitrogens with one attached hydrogen (secondary N) is 1. The standard InChI is InChI=1S/C20H25N3O2/c1-2-12-22-13-15-23(16-14-22)20(24)21-17-8-10-19(11-9-17)25-18-6-4-3-5-7-18/h3-11H,2,12-16H2,1H3,(H,21,24). The number of ether oxygens (including phenoxy) is 1. The summed E-state index contributed by atoms with van der Waals surface area (Å²) in [4.78, 5) is 16.7. The molecule has 5 nitrogen and oxygen atoms in total. The van der Waals surface area contributed by atoms with E-state index in [2.05, 4.69) is 17.1 Å². The number of amides is 2. The second-order valence-electron chi connectivity index (χ2n) is 6.20. The predicted molar refractivity (Wildman–Crippen MR) is 100 cm³/mol. The second-order valence-corrected chi connectivity index (χ2v) is 6.20. The summed E-state index contributed by atoms with van der Waals surface area (Å²) < 4.78 is 5.76. The first-order valence-corrected chi connectivity index (χ1v) is 8.86. The molecule has 0 spiro atoms. The van der Waals surface area contributed by atoms with Gasteiger partial charge >= 0.3 is 6.03 Å². The van der Waals surface area contributed by atoms with Gasteiger partial charge in [0.2, 0.25) is 0 Å². The molecule has 2 amide bonds. The Hall–Kier alpha value is -2.53. The van der Waals surface area contributed by atoms with Crippen molar-refractivity contribution in [2.75, 3.05) is 38.0 Å². The van der Waals surface area contributed by atoms with Crippen LogP contribution in [0, 0.1) is 0 Å². The lowest BCUT2D eigenvalue weighted by molar-refractivity contribution is 0.147. The summed E-state index contributed by atoms with van der Waals surface area (Å²) in [5, 5.41) is 2.96. The number of urea groups is 1. The van der Waals surface area contributed by atoms with Crippen molar-refractivity contribution >= 4 is 11.7 Å². The van der Waals surface area contributed by atoms with Gasteiger partial charge in [-0.15, -0.1) is 0 Å². The van der Waals surface area contributed by atoms with Crippen LogP contribution in [-0.2, 0) is 0 Å². The summed E-state index contributed by atoms with van der Waals surface area (Å²) in [6.45, 7) is 6.75. The molecule has 1 aliphatic rings. The van der Waals surface area contributed by atoms with Crippen LogP contribution in [0.4, 0.5) is 10.5 Å². The molecule has 0 unspecified atom stereocenters. The molecule has 0 aromatic heterocycles. The summed E-state index contributed by atoms with van der Waals surface area (Å²) >= 11 is 0. The Morgan fingerprint density at radius 2 is 1.60 bits per heavy atom. The molecule has 0 bridgehead atoms. The minimum Gasteiger partial charge on any atom is -0.457 e. The van der Waals surface area contributed by atoms with Crippen LogP contribution in [0.25, 0.3) is 0 Å². The highest BCUT2D eigenvalue weighted by molar-refractivity contribution is 5.89. The minimum atomic E-state index is -0.0344. The van der Waals surface area contributed by atoms with Crippen molar-refractivity contribution in [1.29, 1.82) is 0 Å². The molecule has 132 valence electrons. The Labute approximate surface area is 149 Å². The predicted octanol–water partition coefficient (Wildman–Crippen LogP) is 4.04. The highest BCUT2D eigenvalue weighted by atomic mass is 16.5. The van der Waals surface area contributed by atoms with Gasteiger partial charge in [-0.1, -0.05) is 25.1 Å². The second kappa shape index (κ2) is 8.53. The van der Waals surface area contributed by atoms with Gasteiger partial charge in [0.1, 0.15) is 11.5 Å². The van der Waals surface area contributed by atoms with Gasteiger partial charge in [0.15, 0.2) is 0 Å². The highest BCUT2D eigenvalue weighted by Gasteiger charge is 2.20. The lowest BCUT2D eigenvalue weighted by Gasteiger charge is -2.34. The van der Waals surface area contributed by atoms with E-state index in [-0.39, 0.29) is 6.03 Å². The number of hydrogen-bond acceptors (Lipinski definition) is 3. The largest absolute Gasteiger partial charge is 0.457 e. The fourth-order valence-electron chi connectivity index (χ4n) is 2.92. The average Bonchev–Trinajstić information content (AvgIpc) is 2.65. The van der Waals surface area contributed by atoms with Crippen molar-refractivity contribution in [3.05, 3.63) is 54.6 Å². The number of hydrogen-bond donors (Lipinski definition) is 1. The summed E-state index contributed by atoms with van der Waals surface area (Å²) in [6, 6.07) is 17.1. The van der Waals surface area contributed by atoms with Crippen molar-refractivity contribution in [3.63, 3.8) is 0 Å². The van der Waals surface area contributed by atoms with Crippen LogP contribution in [-0.4, -0.2) is 48.6 Å². The van der Waals surface area contributed by atoms with Gasteiger partial charge in [0.25, 0.3) is 0 Å². The molecule has 1 aliphatic heterocycles. The molecule has 2 aromatic rings. The van der Waals surface area contributed by atoms with Crippen LogP contribution in [0.1, 0.15) is 13.3 Å². The first-order chi connectivity index (χ1) is 12.2. The molecule has 2 aromatic carbocycles. The van der Waals surface area contributed by atoms with Crippen molar-refractivity contribution in [3.8, 4) is 11.5 Å². The molecule has 0 atom stereocenters. The summed E-state index contributed by atoms with van der Waals surface area (Å²) in [5.74, 6) is 1.54. The van der Waals surface area contributed by atoms with Crippen molar-refractivity contribution < 1.29 is 9.53 Å². The zero-order valence-electron chi connectivity index (χ0n) is 14.6. The molecule has 0 aliphatic carbocycles. The van der Waals surface area contributed by atoms with E-state index in [9.17, 15) is 4.79 Å². The SMILES string of the molecule is CCCN1CCN(C(=O)Nc2ccc(Oc3ccccc3)cc2)CC1. The number of carbonyl (C=O) groups is 1. The minimum absolute atomic E-state index is 0.0344. The molecular weight excluding hydrogens is 314 g/mol. The van der Waals surface area contributed by atoms with Crippen molar-refractivity contribution in [2.24, 2.45) is 0 Å². The molecule has 1 heterocycles. The van der Waals surface area contributed by atoms with E-state index < -0.39 is 0 Å². The smallest absolute Gasteiger partial charge is 0.321 e. The number of benzene rings is 2. The summed E-state index contributed by atoms with van der Waals surface area (Å²) in [7, 11) is 0. The van der Waals surface area contributed by atoms with E-state index in [1.54, 1.807) is 0 Å². The molecule has 1 saturated heterocycles. The molecule has 0 radical (unpaired) electrons. The van der Waals surface area contributed by atoms with E-state index >= 15 is 0 Å². The third-order valence-corrected chi connectivity index (χ3v) is 4.28. The zero-order valence-corrected chi connectivity index (χ0v) is 14.6. The van der Waals surface area contributed by atoms with Crippen molar-refractivity contribution in [1.82, 2.24) is 9.80 Å². The van der Waals surface area contributed by atoms with Crippen LogP contribution in [0.15, 0.2) is 54.6 Å². The fourth-order valence-corrected chi connectivity index (χ4v) is 2.92. The molecule has 3 rings (SSSR count). The number of nitrogens with zero attached hydrogens (tertiary/aromatic N) is 2. The van der Waals surface area contributed by atoms with E-state index in [1.807, 2.05) is 59.5 Å². The maximum atomic E-state index is 12.4. The van der Waals surface area contributed by atoms with Crippen molar-refractivity contribution in [2.45, 2.75) is 13.3 Å². The topological polar surface area (TPSA) is 44.8 Å². The lowest BCUT2D eigenvalue weighted by atomic mass is 10.3. The number of rotatable bonds is 5. The number of anilines is 1. The first-order valence-electron chi connectivity index (χ1n) is 8.86. The zero-order chi connectivity index (χ0) is 17.5. The maximum Gasteiger partial charge on any atom is 0.321 e. The fraction of sp³-hybridized carbons (Fsp3) is 0.350. The van der Waals surface area contributed by atoms with Gasteiger partial charge in [0, 0.05) is 31.9 Å². The summed E-state index contributed by atoms with van der Waals surface area (Å²) in [5.41, 5.74) is 0.779. The van der Waals surface area contributed by atoms with Crippen LogP contribution < -0.4 is 10.1 Å². The molecule has 0 saturated carbocycles. The van der Waals surface area contributed by atoms with Crippen LogP contribution >= 0.6 is 0 Å². The van der Waals surface area contributed by atoms with E-state index in [0.717, 1.165) is 56.3 Å². The maximum absolute atomic E-state index is 12.4. The van der Waals surface area contributed by atoms with Crippen LogP contribution in [0.5, 0.6) is 11.5 Å². The Balaban J connectivity index is 1.50. The van der Waals surface area contributed by atoms with Gasteiger partial charge < -0.3 is 15.0 Å². The number of para-hydroxylation sites is 1. The van der Waals surface area contributed by atoms with E-state index in [1.165, 1.54) is 0 Å². The monoisotopic (exact) mass is 339 g/mol. The van der Waals surface area contributed by atoms with Crippen LogP contribution in [0.2, 0.25) is 0 Å². The van der Waals surface area contributed by atoms with Crippen LogP contribution in [0.3, 0.4) is 0 Å². The van der Waals surface area contributed by atoms with Gasteiger partial charge in [-0.25, -0.2) is 4.79 Å². The number of piperazine rings is 1. The lowest BCUT2D eigenvalue weighted by Crippen LogP contribution is -2.50. The third-order valence-electron chi connectivity index (χ3n) is 4.28. The first kappa shape index (κ1) is 17.3. The molecule has 25 heavy (non-hydrogen) atoms. The Morgan fingerprint density at radius 1 is 0.960 bits per heavy atom. The quantitative estimate of drug-likeness (QED) is 0.894. The molecule has 5 heteroatoms. The van der Waals surface area contributed by atoms with Gasteiger partial charge in [-0.3, -0.25) is 4.90 Å². The average molecular weight is 339 g/mol. The Bertz CT molecular complexity index is 665.